The van der Waals surface area contributed by atoms with Crippen LogP contribution in [-0.4, -0.2) is 37.6 Å². The van der Waals surface area contributed by atoms with Gasteiger partial charge in [0.05, 0.1) is 19.7 Å². The van der Waals surface area contributed by atoms with Gasteiger partial charge in [0.15, 0.2) is 5.96 Å². The number of anilines is 1. The molecule has 0 amide bonds. The van der Waals surface area contributed by atoms with E-state index < -0.39 is 0 Å². The predicted molar refractivity (Wildman–Crippen MR) is 108 cm³/mol. The number of benzene rings is 2. The predicted octanol–water partition coefficient (Wildman–Crippen LogP) is 3.57. The third-order valence-corrected chi connectivity index (χ3v) is 4.84. The Morgan fingerprint density at radius 3 is 2.54 bits per heavy atom. The van der Waals surface area contributed by atoms with Crippen LogP contribution in [0.3, 0.4) is 0 Å². The molecule has 5 nitrogen and oxygen atoms in total. The number of hydrogen-bond acceptors (Lipinski definition) is 3. The second-order valence-electron chi connectivity index (χ2n) is 6.72. The first-order chi connectivity index (χ1) is 12.7. The van der Waals surface area contributed by atoms with Crippen molar-refractivity contribution >= 4 is 11.6 Å². The Hall–Kier alpha value is -2.53. The highest BCUT2D eigenvalue weighted by molar-refractivity contribution is 5.92. The number of aliphatic imine (C=N–C) groups is 1. The summed E-state index contributed by atoms with van der Waals surface area (Å²) in [6.45, 7) is 4.84. The summed E-state index contributed by atoms with van der Waals surface area (Å²) < 4.78 is 5.58. The number of nitrogens with one attached hydrogen (secondary N) is 1. The van der Waals surface area contributed by atoms with E-state index in [0.717, 1.165) is 24.5 Å². The van der Waals surface area contributed by atoms with Gasteiger partial charge in [-0.3, -0.25) is 9.89 Å². The van der Waals surface area contributed by atoms with E-state index in [1.54, 1.807) is 7.11 Å². The number of likely N-dealkylation sites (tertiary alicyclic amines) is 1. The maximum absolute atomic E-state index is 6.13. The number of rotatable bonds is 6. The zero-order valence-corrected chi connectivity index (χ0v) is 15.6. The third kappa shape index (κ3) is 4.55. The van der Waals surface area contributed by atoms with Gasteiger partial charge in [-0.25, -0.2) is 0 Å². The van der Waals surface area contributed by atoms with Crippen molar-refractivity contribution in [1.82, 2.24) is 4.90 Å². The lowest BCUT2D eigenvalue weighted by Crippen LogP contribution is -2.30. The molecule has 5 heteroatoms. The Bertz CT molecular complexity index is 736. The van der Waals surface area contributed by atoms with Crippen molar-refractivity contribution < 1.29 is 4.74 Å². The molecule has 1 unspecified atom stereocenters. The minimum absolute atomic E-state index is 0.173. The lowest BCUT2D eigenvalue weighted by Gasteiger charge is -2.28. The molecule has 3 N–H and O–H groups in total. The van der Waals surface area contributed by atoms with Crippen molar-refractivity contribution in [2.45, 2.75) is 25.8 Å². The molecule has 1 heterocycles. The molecule has 138 valence electrons. The molecule has 3 rings (SSSR count). The maximum atomic E-state index is 6.13. The van der Waals surface area contributed by atoms with E-state index in [1.807, 2.05) is 24.3 Å². The van der Waals surface area contributed by atoms with Gasteiger partial charge in [-0.1, -0.05) is 35.9 Å². The molecule has 1 aliphatic heterocycles. The number of guanidine groups is 1. The highest BCUT2D eigenvalue weighted by Gasteiger charge is 2.25. The highest BCUT2D eigenvalue weighted by Crippen LogP contribution is 2.31. The minimum Gasteiger partial charge on any atom is -0.496 e. The van der Waals surface area contributed by atoms with E-state index in [9.17, 15) is 0 Å². The van der Waals surface area contributed by atoms with E-state index in [1.165, 1.54) is 24.0 Å². The molecule has 1 aliphatic rings. The van der Waals surface area contributed by atoms with Gasteiger partial charge in [0.2, 0.25) is 0 Å². The third-order valence-electron chi connectivity index (χ3n) is 4.84. The topological polar surface area (TPSA) is 62.9 Å². The zero-order chi connectivity index (χ0) is 18.4. The molecule has 26 heavy (non-hydrogen) atoms. The summed E-state index contributed by atoms with van der Waals surface area (Å²) >= 11 is 0. The molecular weight excluding hydrogens is 324 g/mol. The molecule has 1 atom stereocenters. The highest BCUT2D eigenvalue weighted by atomic mass is 16.5. The molecule has 1 saturated heterocycles. The summed E-state index contributed by atoms with van der Waals surface area (Å²) in [5, 5.41) is 3.17. The molecule has 0 radical (unpaired) electrons. The smallest absolute Gasteiger partial charge is 0.193 e. The van der Waals surface area contributed by atoms with Crippen LogP contribution in [0.15, 0.2) is 53.5 Å². The van der Waals surface area contributed by atoms with Gasteiger partial charge in [-0.05, 0) is 51.1 Å². The van der Waals surface area contributed by atoms with Gasteiger partial charge >= 0.3 is 0 Å². The fourth-order valence-corrected chi connectivity index (χ4v) is 3.41. The van der Waals surface area contributed by atoms with Gasteiger partial charge in [0.1, 0.15) is 5.75 Å². The lowest BCUT2D eigenvalue weighted by molar-refractivity contribution is 0.245. The van der Waals surface area contributed by atoms with Gasteiger partial charge < -0.3 is 15.8 Å². The molecule has 0 saturated carbocycles. The Kier molecular flexibility index (Phi) is 6.12. The number of nitrogens with zero attached hydrogens (tertiary/aromatic N) is 2. The summed E-state index contributed by atoms with van der Waals surface area (Å²) in [6, 6.07) is 16.5. The van der Waals surface area contributed by atoms with Crippen molar-refractivity contribution in [2.24, 2.45) is 10.7 Å². The standard InChI is InChI=1S/C21H28N4O/c1-16-9-11-17(12-10-16)24-21(22)23-15-19(25-13-5-6-14-25)18-7-3-4-8-20(18)26-2/h3-4,7-12,19H,5-6,13-15H2,1-2H3,(H3,22,23,24). The average molecular weight is 352 g/mol. The lowest BCUT2D eigenvalue weighted by atomic mass is 10.0. The van der Waals surface area contributed by atoms with Crippen molar-refractivity contribution in [3.63, 3.8) is 0 Å². The van der Waals surface area contributed by atoms with Gasteiger partial charge in [0, 0.05) is 11.3 Å². The van der Waals surface area contributed by atoms with Crippen LogP contribution in [0.4, 0.5) is 5.69 Å². The number of para-hydroxylation sites is 1. The first-order valence-electron chi connectivity index (χ1n) is 9.18. The Morgan fingerprint density at radius 1 is 1.15 bits per heavy atom. The number of methoxy groups -OCH3 is 1. The minimum atomic E-state index is 0.173. The summed E-state index contributed by atoms with van der Waals surface area (Å²) in [5.74, 6) is 1.35. The van der Waals surface area contributed by atoms with E-state index in [0.29, 0.717) is 12.5 Å². The van der Waals surface area contributed by atoms with E-state index in [2.05, 4.69) is 46.4 Å². The summed E-state index contributed by atoms with van der Waals surface area (Å²) in [7, 11) is 1.72. The van der Waals surface area contributed by atoms with Gasteiger partial charge in [-0.2, -0.15) is 0 Å². The summed E-state index contributed by atoms with van der Waals surface area (Å²) in [6.07, 6.45) is 2.46. The second kappa shape index (κ2) is 8.72. The summed E-state index contributed by atoms with van der Waals surface area (Å²) in [5.41, 5.74) is 9.47. The van der Waals surface area contributed by atoms with Crippen LogP contribution < -0.4 is 15.8 Å². The molecule has 1 fully saturated rings. The molecule has 2 aromatic rings. The van der Waals surface area contributed by atoms with Gasteiger partial charge in [-0.15, -0.1) is 0 Å². The van der Waals surface area contributed by atoms with E-state index in [4.69, 9.17) is 10.5 Å². The second-order valence-corrected chi connectivity index (χ2v) is 6.72. The van der Waals surface area contributed by atoms with Crippen LogP contribution in [0.1, 0.15) is 30.0 Å². The number of hydrogen-bond donors (Lipinski definition) is 2. The first kappa shape index (κ1) is 18.3. The number of ether oxygens (including phenoxy) is 1. The van der Waals surface area contributed by atoms with Crippen LogP contribution in [0, 0.1) is 6.92 Å². The van der Waals surface area contributed by atoms with E-state index >= 15 is 0 Å². The van der Waals surface area contributed by atoms with Crippen molar-refractivity contribution in [2.75, 3.05) is 32.1 Å². The Morgan fingerprint density at radius 2 is 1.85 bits per heavy atom. The van der Waals surface area contributed by atoms with Crippen LogP contribution in [0.25, 0.3) is 0 Å². The van der Waals surface area contributed by atoms with Gasteiger partial charge in [0.25, 0.3) is 0 Å². The largest absolute Gasteiger partial charge is 0.496 e. The number of aryl methyl sites for hydroxylation is 1. The SMILES string of the molecule is COc1ccccc1C(CN=C(N)Nc1ccc(C)cc1)N1CCCC1. The molecule has 0 aliphatic carbocycles. The molecular formula is C21H28N4O. The number of nitrogens with two attached hydrogens (primary N) is 1. The van der Waals surface area contributed by atoms with Crippen LogP contribution in [0.5, 0.6) is 5.75 Å². The normalized spacial score (nSPS) is 16.5. The maximum Gasteiger partial charge on any atom is 0.193 e. The fraction of sp³-hybridized carbons (Fsp3) is 0.381. The fourth-order valence-electron chi connectivity index (χ4n) is 3.41. The molecule has 0 aromatic heterocycles. The quantitative estimate of drug-likeness (QED) is 0.616. The average Bonchev–Trinajstić information content (AvgIpc) is 3.18. The van der Waals surface area contributed by atoms with E-state index in [-0.39, 0.29) is 6.04 Å². The Balaban J connectivity index is 1.76. The van der Waals surface area contributed by atoms with Crippen LogP contribution in [0.2, 0.25) is 0 Å². The summed E-state index contributed by atoms with van der Waals surface area (Å²) in [4.78, 5) is 7.10. The molecule has 0 bridgehead atoms. The molecule has 0 spiro atoms. The van der Waals surface area contributed by atoms with Crippen LogP contribution in [-0.2, 0) is 0 Å². The van der Waals surface area contributed by atoms with Crippen molar-refractivity contribution in [3.8, 4) is 5.75 Å². The first-order valence-corrected chi connectivity index (χ1v) is 9.18. The monoisotopic (exact) mass is 352 g/mol. The Labute approximate surface area is 155 Å². The zero-order valence-electron chi connectivity index (χ0n) is 15.6. The molecule has 2 aromatic carbocycles. The van der Waals surface area contributed by atoms with Crippen LogP contribution >= 0.6 is 0 Å². The van der Waals surface area contributed by atoms with Crippen molar-refractivity contribution in [1.29, 1.82) is 0 Å². The van der Waals surface area contributed by atoms with Crippen molar-refractivity contribution in [3.05, 3.63) is 59.7 Å².